The smallest absolute Gasteiger partial charge is 0.335 e. The first kappa shape index (κ1) is 15.2. The summed E-state index contributed by atoms with van der Waals surface area (Å²) in [5.74, 6) is -0.281. The Bertz CT molecular complexity index is 409. The van der Waals surface area contributed by atoms with Crippen LogP contribution >= 0.6 is 0 Å². The Balaban J connectivity index is 2.25. The molecule has 1 rings (SSSR count). The molecule has 0 bridgehead atoms. The van der Waals surface area contributed by atoms with Crippen LogP contribution in [0.3, 0.4) is 0 Å². The lowest BCUT2D eigenvalue weighted by molar-refractivity contribution is -0.263. The predicted octanol–water partition coefficient (Wildman–Crippen LogP) is 3.58. The van der Waals surface area contributed by atoms with E-state index in [1.54, 1.807) is 12.1 Å². The zero-order valence-corrected chi connectivity index (χ0v) is 11.2. The molecule has 104 valence electrons. The number of hydrogen-bond acceptors (Lipinski definition) is 3. The van der Waals surface area contributed by atoms with Gasteiger partial charge in [0.2, 0.25) is 0 Å². The second-order valence-corrected chi connectivity index (χ2v) is 4.30. The summed E-state index contributed by atoms with van der Waals surface area (Å²) in [6.45, 7) is 6.34. The maximum absolute atomic E-state index is 10.7. The van der Waals surface area contributed by atoms with Crippen molar-refractivity contribution in [2.24, 2.45) is 0 Å². The highest BCUT2D eigenvalue weighted by molar-refractivity contribution is 5.87. The van der Waals surface area contributed by atoms with Crippen LogP contribution in [-0.2, 0) is 16.2 Å². The maximum Gasteiger partial charge on any atom is 0.335 e. The van der Waals surface area contributed by atoms with E-state index in [1.807, 2.05) is 19.1 Å². The number of carbonyl (C=O) groups is 1. The average Bonchev–Trinajstić information content (AvgIpc) is 2.39. The highest BCUT2D eigenvalue weighted by atomic mass is 17.2. The molecule has 0 radical (unpaired) electrons. The summed E-state index contributed by atoms with van der Waals surface area (Å²) in [5.41, 5.74) is 1.41. The van der Waals surface area contributed by atoms with Gasteiger partial charge in [-0.05, 0) is 37.0 Å². The molecule has 0 fully saturated rings. The van der Waals surface area contributed by atoms with E-state index in [0.717, 1.165) is 31.2 Å². The van der Waals surface area contributed by atoms with E-state index in [0.29, 0.717) is 17.9 Å². The minimum atomic E-state index is -0.901. The predicted molar refractivity (Wildman–Crippen MR) is 72.8 cm³/mol. The Hall–Kier alpha value is -1.81. The topological polar surface area (TPSA) is 55.8 Å². The van der Waals surface area contributed by atoms with Gasteiger partial charge in [-0.2, -0.15) is 4.89 Å². The summed E-state index contributed by atoms with van der Waals surface area (Å²) in [7, 11) is 0. The molecule has 0 amide bonds. The number of rotatable bonds is 9. The van der Waals surface area contributed by atoms with Crippen LogP contribution in [0.5, 0.6) is 0 Å². The van der Waals surface area contributed by atoms with E-state index in [2.05, 4.69) is 6.58 Å². The lowest BCUT2D eigenvalue weighted by Gasteiger charge is -2.07. The first-order valence-corrected chi connectivity index (χ1v) is 6.43. The van der Waals surface area contributed by atoms with E-state index >= 15 is 0 Å². The summed E-state index contributed by atoms with van der Waals surface area (Å²) in [5, 5.41) is 8.79. The lowest BCUT2D eigenvalue weighted by Crippen LogP contribution is -1.97. The molecule has 0 aliphatic rings. The summed E-state index contributed by atoms with van der Waals surface area (Å²) in [4.78, 5) is 20.6. The summed E-state index contributed by atoms with van der Waals surface area (Å²) >= 11 is 0. The van der Waals surface area contributed by atoms with E-state index in [1.165, 1.54) is 0 Å². The second-order valence-electron chi connectivity index (χ2n) is 4.30. The van der Waals surface area contributed by atoms with E-state index in [9.17, 15) is 4.79 Å². The van der Waals surface area contributed by atoms with Crippen molar-refractivity contribution in [1.29, 1.82) is 0 Å². The molecule has 0 spiro atoms. The zero-order valence-electron chi connectivity index (χ0n) is 11.2. The molecular formula is C15H20O4. The van der Waals surface area contributed by atoms with Crippen molar-refractivity contribution in [2.45, 2.75) is 32.6 Å². The summed E-state index contributed by atoms with van der Waals surface area (Å²) in [6, 6.07) is 6.90. The van der Waals surface area contributed by atoms with Gasteiger partial charge in [0.15, 0.2) is 0 Å². The van der Waals surface area contributed by atoms with Crippen LogP contribution in [0.1, 0.15) is 42.1 Å². The van der Waals surface area contributed by atoms with Crippen LogP contribution < -0.4 is 0 Å². The third kappa shape index (κ3) is 6.06. The molecule has 4 heteroatoms. The molecule has 0 atom stereocenters. The molecule has 1 N–H and O–H groups in total. The van der Waals surface area contributed by atoms with Crippen molar-refractivity contribution in [1.82, 2.24) is 0 Å². The Morgan fingerprint density at radius 1 is 1.32 bits per heavy atom. The quantitative estimate of drug-likeness (QED) is 0.320. The van der Waals surface area contributed by atoms with Crippen LogP contribution in [0, 0.1) is 0 Å². The third-order valence-electron chi connectivity index (χ3n) is 2.59. The van der Waals surface area contributed by atoms with Gasteiger partial charge in [-0.25, -0.2) is 4.79 Å². The van der Waals surface area contributed by atoms with Gasteiger partial charge in [-0.3, -0.25) is 0 Å². The molecule has 1 aromatic rings. The van der Waals surface area contributed by atoms with Gasteiger partial charge < -0.3 is 9.99 Å². The molecule has 1 aromatic carbocycles. The number of allylic oxidation sites excluding steroid dienone is 1. The zero-order chi connectivity index (χ0) is 14.1. The van der Waals surface area contributed by atoms with E-state index in [-0.39, 0.29) is 0 Å². The molecule has 0 aromatic heterocycles. The van der Waals surface area contributed by atoms with Gasteiger partial charge in [-0.1, -0.05) is 25.6 Å². The first-order chi connectivity index (χ1) is 9.13. The number of aromatic carboxylic acids is 1. The van der Waals surface area contributed by atoms with Gasteiger partial charge in [0.05, 0.1) is 12.2 Å². The van der Waals surface area contributed by atoms with Gasteiger partial charge in [0.25, 0.3) is 0 Å². The highest BCUT2D eigenvalue weighted by Gasteiger charge is 2.02. The fraction of sp³-hybridized carbons (Fsp3) is 0.400. The van der Waals surface area contributed by atoms with Crippen LogP contribution in [0.25, 0.3) is 0 Å². The van der Waals surface area contributed by atoms with Crippen molar-refractivity contribution in [3.8, 4) is 0 Å². The molecule has 0 heterocycles. The van der Waals surface area contributed by atoms with E-state index < -0.39 is 5.97 Å². The molecule has 19 heavy (non-hydrogen) atoms. The highest BCUT2D eigenvalue weighted by Crippen LogP contribution is 2.11. The van der Waals surface area contributed by atoms with E-state index in [4.69, 9.17) is 14.9 Å². The Morgan fingerprint density at radius 3 is 2.58 bits per heavy atom. The number of carboxylic acids is 1. The standard InChI is InChI=1S/C15H20O4/c1-3-11-18-19-12(2)5-4-6-13-7-9-14(10-8-13)15(16)17/h7-10H,2-6,11H2,1H3,(H,16,17). The molecule has 4 nitrogen and oxygen atoms in total. The van der Waals surface area contributed by atoms with Crippen LogP contribution in [0.4, 0.5) is 0 Å². The lowest BCUT2D eigenvalue weighted by atomic mass is 10.1. The Labute approximate surface area is 113 Å². The number of carboxylic acid groups (broad SMARTS) is 1. The first-order valence-electron chi connectivity index (χ1n) is 6.43. The fourth-order valence-electron chi connectivity index (χ4n) is 1.55. The monoisotopic (exact) mass is 264 g/mol. The van der Waals surface area contributed by atoms with Crippen LogP contribution in [-0.4, -0.2) is 17.7 Å². The molecular weight excluding hydrogens is 244 g/mol. The van der Waals surface area contributed by atoms with Crippen LogP contribution in [0.15, 0.2) is 36.6 Å². The molecule has 0 unspecified atom stereocenters. The average molecular weight is 264 g/mol. The van der Waals surface area contributed by atoms with Crippen molar-refractivity contribution < 1.29 is 19.7 Å². The summed E-state index contributed by atoms with van der Waals surface area (Å²) in [6.07, 6.45) is 3.38. The number of hydrogen-bond donors (Lipinski definition) is 1. The SMILES string of the molecule is C=C(CCCc1ccc(C(=O)O)cc1)OOCCC. The van der Waals surface area contributed by atoms with Crippen molar-refractivity contribution in [3.05, 3.63) is 47.7 Å². The Kier molecular flexibility index (Phi) is 6.68. The Morgan fingerprint density at radius 2 is 2.00 bits per heavy atom. The second kappa shape index (κ2) is 8.32. The van der Waals surface area contributed by atoms with Crippen molar-refractivity contribution in [3.63, 3.8) is 0 Å². The number of aryl methyl sites for hydroxylation is 1. The molecule has 0 saturated heterocycles. The minimum absolute atomic E-state index is 0.310. The van der Waals surface area contributed by atoms with Crippen molar-refractivity contribution in [2.75, 3.05) is 6.61 Å². The van der Waals surface area contributed by atoms with Gasteiger partial charge in [0.1, 0.15) is 5.76 Å². The maximum atomic E-state index is 10.7. The normalized spacial score (nSPS) is 10.2. The molecule has 0 aliphatic heterocycles. The van der Waals surface area contributed by atoms with Crippen LogP contribution in [0.2, 0.25) is 0 Å². The van der Waals surface area contributed by atoms with Gasteiger partial charge in [-0.15, -0.1) is 0 Å². The van der Waals surface area contributed by atoms with Crippen molar-refractivity contribution >= 4 is 5.97 Å². The van der Waals surface area contributed by atoms with Gasteiger partial charge >= 0.3 is 5.97 Å². The fourth-order valence-corrected chi connectivity index (χ4v) is 1.55. The summed E-state index contributed by atoms with van der Waals surface area (Å²) < 4.78 is 0. The molecule has 0 saturated carbocycles. The largest absolute Gasteiger partial charge is 0.478 e. The third-order valence-corrected chi connectivity index (χ3v) is 2.59. The number of benzene rings is 1. The molecule has 0 aliphatic carbocycles. The minimum Gasteiger partial charge on any atom is -0.478 e. The van der Waals surface area contributed by atoms with Gasteiger partial charge in [0, 0.05) is 6.42 Å².